The van der Waals surface area contributed by atoms with E-state index in [-0.39, 0.29) is 6.04 Å². The first-order valence-electron chi connectivity index (χ1n) is 7.14. The Morgan fingerprint density at radius 1 is 1.14 bits per heavy atom. The van der Waals surface area contributed by atoms with E-state index in [0.29, 0.717) is 0 Å². The lowest BCUT2D eigenvalue weighted by molar-refractivity contribution is 0.411. The second-order valence-electron chi connectivity index (χ2n) is 5.43. The lowest BCUT2D eigenvalue weighted by atomic mass is 10.0. The van der Waals surface area contributed by atoms with Gasteiger partial charge in [-0.1, -0.05) is 29.8 Å². The van der Waals surface area contributed by atoms with E-state index in [1.807, 2.05) is 6.07 Å². The van der Waals surface area contributed by atoms with Gasteiger partial charge in [-0.15, -0.1) is 0 Å². The molecule has 21 heavy (non-hydrogen) atoms. The monoisotopic (exact) mass is 347 g/mol. The van der Waals surface area contributed by atoms with Crippen LogP contribution in [0.1, 0.15) is 35.2 Å². The van der Waals surface area contributed by atoms with Crippen LogP contribution >= 0.6 is 15.9 Å². The smallest absolute Gasteiger partial charge is 0.133 e. The Hall–Kier alpha value is -1.32. The van der Waals surface area contributed by atoms with E-state index >= 15 is 0 Å². The molecule has 0 aliphatic carbocycles. The van der Waals surface area contributed by atoms with Crippen molar-refractivity contribution in [2.24, 2.45) is 0 Å². The molecule has 2 aromatic carbocycles. The standard InChI is InChI=1S/C18H22BrNO/c1-12-5-6-13(2)16(9-12)11-20-14(3)15-7-8-18(21-4)17(19)10-15/h5-10,14,20H,11H2,1-4H3. The molecule has 3 heteroatoms. The first-order valence-corrected chi connectivity index (χ1v) is 7.93. The number of rotatable bonds is 5. The molecule has 0 bridgehead atoms. The van der Waals surface area contributed by atoms with E-state index in [1.165, 1.54) is 22.3 Å². The molecule has 1 unspecified atom stereocenters. The van der Waals surface area contributed by atoms with Crippen LogP contribution in [0.25, 0.3) is 0 Å². The molecule has 0 saturated carbocycles. The lowest BCUT2D eigenvalue weighted by Crippen LogP contribution is -2.18. The predicted octanol–water partition coefficient (Wildman–Crippen LogP) is 4.93. The number of ether oxygens (including phenoxy) is 1. The molecule has 1 N–H and O–H groups in total. The first kappa shape index (κ1) is 16.1. The molecule has 112 valence electrons. The zero-order valence-corrected chi connectivity index (χ0v) is 14.6. The largest absolute Gasteiger partial charge is 0.496 e. The predicted molar refractivity (Wildman–Crippen MR) is 91.9 cm³/mol. The molecule has 2 aromatic rings. The molecular formula is C18H22BrNO. The van der Waals surface area contributed by atoms with Crippen molar-refractivity contribution in [1.82, 2.24) is 5.32 Å². The summed E-state index contributed by atoms with van der Waals surface area (Å²) in [4.78, 5) is 0. The Morgan fingerprint density at radius 3 is 2.57 bits per heavy atom. The number of hydrogen-bond acceptors (Lipinski definition) is 2. The van der Waals surface area contributed by atoms with Crippen molar-refractivity contribution in [2.75, 3.05) is 7.11 Å². The minimum Gasteiger partial charge on any atom is -0.496 e. The van der Waals surface area contributed by atoms with E-state index in [1.54, 1.807) is 7.11 Å². The highest BCUT2D eigenvalue weighted by atomic mass is 79.9. The van der Waals surface area contributed by atoms with Gasteiger partial charge in [-0.25, -0.2) is 0 Å². The summed E-state index contributed by atoms with van der Waals surface area (Å²) in [6, 6.07) is 13.1. The molecule has 2 rings (SSSR count). The topological polar surface area (TPSA) is 21.3 Å². The number of benzene rings is 2. The van der Waals surface area contributed by atoms with Crippen LogP contribution in [0.5, 0.6) is 5.75 Å². The molecule has 0 aromatic heterocycles. The van der Waals surface area contributed by atoms with Crippen molar-refractivity contribution >= 4 is 15.9 Å². The number of halogens is 1. The highest BCUT2D eigenvalue weighted by molar-refractivity contribution is 9.10. The summed E-state index contributed by atoms with van der Waals surface area (Å²) >= 11 is 3.54. The number of methoxy groups -OCH3 is 1. The summed E-state index contributed by atoms with van der Waals surface area (Å²) in [7, 11) is 1.68. The molecule has 0 fully saturated rings. The van der Waals surface area contributed by atoms with Gasteiger partial charge in [0, 0.05) is 12.6 Å². The third-order valence-electron chi connectivity index (χ3n) is 3.78. The number of hydrogen-bond donors (Lipinski definition) is 1. The Balaban J connectivity index is 2.06. The minimum absolute atomic E-state index is 0.284. The van der Waals surface area contributed by atoms with Crippen molar-refractivity contribution in [1.29, 1.82) is 0 Å². The molecule has 0 radical (unpaired) electrons. The number of nitrogens with one attached hydrogen (secondary N) is 1. The van der Waals surface area contributed by atoms with Gasteiger partial charge < -0.3 is 10.1 Å². The highest BCUT2D eigenvalue weighted by Gasteiger charge is 2.09. The normalized spacial score (nSPS) is 12.2. The van der Waals surface area contributed by atoms with Crippen molar-refractivity contribution in [2.45, 2.75) is 33.4 Å². The Morgan fingerprint density at radius 2 is 1.90 bits per heavy atom. The van der Waals surface area contributed by atoms with E-state index < -0.39 is 0 Å². The average molecular weight is 348 g/mol. The van der Waals surface area contributed by atoms with Crippen LogP contribution in [0.15, 0.2) is 40.9 Å². The van der Waals surface area contributed by atoms with Crippen molar-refractivity contribution in [3.8, 4) is 5.75 Å². The van der Waals surface area contributed by atoms with E-state index in [9.17, 15) is 0 Å². The van der Waals surface area contributed by atoms with E-state index in [2.05, 4.69) is 72.3 Å². The van der Waals surface area contributed by atoms with Crippen LogP contribution < -0.4 is 10.1 Å². The van der Waals surface area contributed by atoms with Gasteiger partial charge in [0.25, 0.3) is 0 Å². The van der Waals surface area contributed by atoms with Crippen molar-refractivity contribution in [3.63, 3.8) is 0 Å². The second kappa shape index (κ2) is 7.10. The van der Waals surface area contributed by atoms with Crippen LogP contribution in [0.4, 0.5) is 0 Å². The molecule has 0 saturated heterocycles. The van der Waals surface area contributed by atoms with Crippen molar-refractivity contribution < 1.29 is 4.74 Å². The van der Waals surface area contributed by atoms with Gasteiger partial charge in [0.15, 0.2) is 0 Å². The molecule has 2 nitrogen and oxygen atoms in total. The fourth-order valence-corrected chi connectivity index (χ4v) is 2.88. The zero-order chi connectivity index (χ0) is 15.4. The van der Waals surface area contributed by atoms with Crippen molar-refractivity contribution in [3.05, 3.63) is 63.1 Å². The molecule has 0 aliphatic heterocycles. The maximum Gasteiger partial charge on any atom is 0.133 e. The van der Waals surface area contributed by atoms with Gasteiger partial charge in [0.2, 0.25) is 0 Å². The molecular weight excluding hydrogens is 326 g/mol. The zero-order valence-electron chi connectivity index (χ0n) is 13.0. The Kier molecular flexibility index (Phi) is 5.43. The van der Waals surface area contributed by atoms with Gasteiger partial charge in [0.1, 0.15) is 5.75 Å². The van der Waals surface area contributed by atoms with Gasteiger partial charge in [-0.3, -0.25) is 0 Å². The quantitative estimate of drug-likeness (QED) is 0.828. The summed E-state index contributed by atoms with van der Waals surface area (Å²) in [6.07, 6.45) is 0. The summed E-state index contributed by atoms with van der Waals surface area (Å²) in [5.74, 6) is 0.862. The fraction of sp³-hybridized carbons (Fsp3) is 0.333. The molecule has 1 atom stereocenters. The maximum absolute atomic E-state index is 5.27. The van der Waals surface area contributed by atoms with Gasteiger partial charge in [-0.05, 0) is 65.5 Å². The summed E-state index contributed by atoms with van der Waals surface area (Å²) in [5, 5.41) is 3.59. The molecule has 0 spiro atoms. The third kappa shape index (κ3) is 4.08. The Bertz CT molecular complexity index is 625. The van der Waals surface area contributed by atoms with Gasteiger partial charge in [0.05, 0.1) is 11.6 Å². The van der Waals surface area contributed by atoms with E-state index in [4.69, 9.17) is 4.74 Å². The molecule has 0 heterocycles. The van der Waals surface area contributed by atoms with Gasteiger partial charge in [-0.2, -0.15) is 0 Å². The van der Waals surface area contributed by atoms with Crippen LogP contribution in [0.2, 0.25) is 0 Å². The minimum atomic E-state index is 0.284. The summed E-state index contributed by atoms with van der Waals surface area (Å²) < 4.78 is 6.26. The molecule has 0 amide bonds. The SMILES string of the molecule is COc1ccc(C(C)NCc2cc(C)ccc2C)cc1Br. The van der Waals surface area contributed by atoms with Crippen LogP contribution in [-0.2, 0) is 6.54 Å². The average Bonchev–Trinajstić information content (AvgIpc) is 2.47. The number of aryl methyl sites for hydroxylation is 2. The van der Waals surface area contributed by atoms with Gasteiger partial charge >= 0.3 is 0 Å². The van der Waals surface area contributed by atoms with Crippen LogP contribution in [-0.4, -0.2) is 7.11 Å². The summed E-state index contributed by atoms with van der Waals surface area (Å²) in [6.45, 7) is 7.34. The first-order chi connectivity index (χ1) is 10.0. The highest BCUT2D eigenvalue weighted by Crippen LogP contribution is 2.28. The Labute approximate surface area is 135 Å². The fourth-order valence-electron chi connectivity index (χ4n) is 2.32. The van der Waals surface area contributed by atoms with E-state index in [0.717, 1.165) is 16.8 Å². The second-order valence-corrected chi connectivity index (χ2v) is 6.28. The van der Waals surface area contributed by atoms with Crippen LogP contribution in [0, 0.1) is 13.8 Å². The maximum atomic E-state index is 5.27. The lowest BCUT2D eigenvalue weighted by Gasteiger charge is -2.17. The third-order valence-corrected chi connectivity index (χ3v) is 4.40. The molecule has 0 aliphatic rings. The van der Waals surface area contributed by atoms with Crippen LogP contribution in [0.3, 0.4) is 0 Å². The summed E-state index contributed by atoms with van der Waals surface area (Å²) in [5.41, 5.74) is 5.23.